The van der Waals surface area contributed by atoms with Gasteiger partial charge in [0.15, 0.2) is 15.0 Å². The Morgan fingerprint density at radius 2 is 1.75 bits per heavy atom. The highest BCUT2D eigenvalue weighted by Gasteiger charge is 2.44. The minimum atomic E-state index is -2.95. The van der Waals surface area contributed by atoms with E-state index in [1.54, 1.807) is 11.8 Å². The summed E-state index contributed by atoms with van der Waals surface area (Å²) in [6, 6.07) is 12.9. The maximum absolute atomic E-state index is 11.9. The molecule has 2 atom stereocenters. The molecule has 0 bridgehead atoms. The van der Waals surface area contributed by atoms with E-state index in [4.69, 9.17) is 4.99 Å². The second-order valence-electron chi connectivity index (χ2n) is 8.00. The zero-order chi connectivity index (χ0) is 20.1. The van der Waals surface area contributed by atoms with Gasteiger partial charge in [0, 0.05) is 10.9 Å². The standard InChI is InChI=1S/C22H26N2O2S2/c1-14-5-6-16(3)18(9-14)11-24(19-8-7-15(2)17(4)10-19)22-23-20-12-28(25,26)13-21(20)27-22/h5-10,20-21H,11-13H2,1-4H3/t20-,21-/m0/s1. The van der Waals surface area contributed by atoms with Crippen molar-refractivity contribution in [2.24, 2.45) is 4.99 Å². The van der Waals surface area contributed by atoms with Gasteiger partial charge in [-0.3, -0.25) is 4.99 Å². The van der Waals surface area contributed by atoms with Crippen LogP contribution in [0.1, 0.15) is 27.8 Å². The topological polar surface area (TPSA) is 49.7 Å². The number of nitrogens with zero attached hydrogens (tertiary/aromatic N) is 2. The van der Waals surface area contributed by atoms with Crippen LogP contribution in [0.15, 0.2) is 41.4 Å². The average molecular weight is 415 g/mol. The van der Waals surface area contributed by atoms with Gasteiger partial charge < -0.3 is 4.90 Å². The lowest BCUT2D eigenvalue weighted by Crippen LogP contribution is -2.28. The Bertz CT molecular complexity index is 1060. The Morgan fingerprint density at radius 1 is 1.00 bits per heavy atom. The summed E-state index contributed by atoms with van der Waals surface area (Å²) < 4.78 is 23.9. The van der Waals surface area contributed by atoms with Gasteiger partial charge in [-0.1, -0.05) is 41.6 Å². The average Bonchev–Trinajstić information content (AvgIpc) is 3.11. The molecule has 4 rings (SSSR count). The molecule has 0 radical (unpaired) electrons. The van der Waals surface area contributed by atoms with Gasteiger partial charge in [0.25, 0.3) is 0 Å². The van der Waals surface area contributed by atoms with Crippen molar-refractivity contribution in [1.82, 2.24) is 0 Å². The van der Waals surface area contributed by atoms with Crippen molar-refractivity contribution in [3.05, 3.63) is 64.2 Å². The molecule has 1 fully saturated rings. The Balaban J connectivity index is 1.72. The van der Waals surface area contributed by atoms with Crippen LogP contribution in [0.25, 0.3) is 0 Å². The van der Waals surface area contributed by atoms with Crippen LogP contribution in [0.3, 0.4) is 0 Å². The number of anilines is 1. The van der Waals surface area contributed by atoms with E-state index in [9.17, 15) is 8.42 Å². The van der Waals surface area contributed by atoms with Gasteiger partial charge in [0.05, 0.1) is 24.1 Å². The highest BCUT2D eigenvalue weighted by atomic mass is 32.2. The molecule has 0 unspecified atom stereocenters. The molecule has 28 heavy (non-hydrogen) atoms. The molecule has 4 nitrogen and oxygen atoms in total. The molecule has 1 saturated heterocycles. The molecule has 0 N–H and O–H groups in total. The van der Waals surface area contributed by atoms with Gasteiger partial charge in [0.1, 0.15) is 0 Å². The lowest BCUT2D eigenvalue weighted by Gasteiger charge is -2.26. The first-order valence-corrected chi connectivity index (χ1v) is 12.3. The summed E-state index contributed by atoms with van der Waals surface area (Å²) in [5.74, 6) is 0.415. The molecule has 2 aromatic carbocycles. The zero-order valence-corrected chi connectivity index (χ0v) is 18.4. The number of hydrogen-bond donors (Lipinski definition) is 0. The molecule has 2 heterocycles. The fraction of sp³-hybridized carbons (Fsp3) is 0.409. The number of rotatable bonds is 3. The number of aliphatic imine (C=N–C) groups is 1. The van der Waals surface area contributed by atoms with Crippen molar-refractivity contribution in [3.63, 3.8) is 0 Å². The van der Waals surface area contributed by atoms with E-state index in [0.29, 0.717) is 0 Å². The zero-order valence-electron chi connectivity index (χ0n) is 16.8. The van der Waals surface area contributed by atoms with Crippen LogP contribution >= 0.6 is 11.8 Å². The molecular weight excluding hydrogens is 388 g/mol. The minimum Gasteiger partial charge on any atom is -0.317 e. The molecule has 2 aliphatic rings. The summed E-state index contributed by atoms with van der Waals surface area (Å²) in [6.07, 6.45) is 0. The maximum Gasteiger partial charge on any atom is 0.164 e. The summed E-state index contributed by atoms with van der Waals surface area (Å²) in [5.41, 5.74) is 7.38. The third kappa shape index (κ3) is 3.85. The molecule has 2 aliphatic heterocycles. The highest BCUT2D eigenvalue weighted by molar-refractivity contribution is 8.15. The van der Waals surface area contributed by atoms with Crippen LogP contribution in [0, 0.1) is 27.7 Å². The Morgan fingerprint density at radius 3 is 2.46 bits per heavy atom. The van der Waals surface area contributed by atoms with E-state index >= 15 is 0 Å². The van der Waals surface area contributed by atoms with Gasteiger partial charge in [-0.05, 0) is 62.1 Å². The summed E-state index contributed by atoms with van der Waals surface area (Å²) >= 11 is 1.62. The molecular formula is C22H26N2O2S2. The monoisotopic (exact) mass is 414 g/mol. The van der Waals surface area contributed by atoms with Crippen LogP contribution in [0.4, 0.5) is 5.69 Å². The molecule has 148 valence electrons. The number of benzene rings is 2. The van der Waals surface area contributed by atoms with E-state index in [2.05, 4.69) is 69.0 Å². The second-order valence-corrected chi connectivity index (χ2v) is 11.4. The molecule has 2 aromatic rings. The van der Waals surface area contributed by atoms with Gasteiger partial charge in [-0.15, -0.1) is 0 Å². The van der Waals surface area contributed by atoms with Crippen LogP contribution in [0.5, 0.6) is 0 Å². The van der Waals surface area contributed by atoms with E-state index in [1.807, 2.05) is 0 Å². The van der Waals surface area contributed by atoms with Crippen LogP contribution in [-0.2, 0) is 16.4 Å². The quantitative estimate of drug-likeness (QED) is 0.755. The fourth-order valence-corrected chi connectivity index (χ4v) is 7.56. The summed E-state index contributed by atoms with van der Waals surface area (Å²) in [5, 5.41) is 0.988. The van der Waals surface area contributed by atoms with Crippen molar-refractivity contribution < 1.29 is 8.42 Å². The smallest absolute Gasteiger partial charge is 0.164 e. The van der Waals surface area contributed by atoms with E-state index in [0.717, 1.165) is 17.4 Å². The van der Waals surface area contributed by atoms with Crippen LogP contribution in [0.2, 0.25) is 0 Å². The first kappa shape index (κ1) is 19.5. The Kier molecular flexibility index (Phi) is 5.04. The normalized spacial score (nSPS) is 22.8. The molecule has 0 aromatic heterocycles. The lowest BCUT2D eigenvalue weighted by molar-refractivity contribution is 0.601. The molecule has 0 saturated carbocycles. The number of fused-ring (bicyclic) bond motifs is 1. The predicted octanol–water partition coefficient (Wildman–Crippen LogP) is 4.20. The summed E-state index contributed by atoms with van der Waals surface area (Å²) in [6.45, 7) is 9.22. The van der Waals surface area contributed by atoms with Crippen molar-refractivity contribution in [2.45, 2.75) is 45.5 Å². The SMILES string of the molecule is Cc1ccc(C)c(CN(C2=N[C@H]3CS(=O)(=O)C[C@@H]3S2)c2ccc(C)c(C)c2)c1. The van der Waals surface area contributed by atoms with Gasteiger partial charge in [0.2, 0.25) is 0 Å². The number of aryl methyl sites for hydroxylation is 4. The third-order valence-electron chi connectivity index (χ3n) is 5.67. The van der Waals surface area contributed by atoms with E-state index in [1.165, 1.54) is 27.8 Å². The van der Waals surface area contributed by atoms with E-state index < -0.39 is 9.84 Å². The van der Waals surface area contributed by atoms with Gasteiger partial charge >= 0.3 is 0 Å². The van der Waals surface area contributed by atoms with Crippen molar-refractivity contribution in [1.29, 1.82) is 0 Å². The Hall–Kier alpha value is -1.79. The van der Waals surface area contributed by atoms with Gasteiger partial charge in [-0.2, -0.15) is 0 Å². The summed E-state index contributed by atoms with van der Waals surface area (Å²) in [7, 11) is -2.95. The van der Waals surface area contributed by atoms with Crippen LogP contribution in [-0.4, -0.2) is 36.4 Å². The third-order valence-corrected chi connectivity index (χ3v) is 8.92. The lowest BCUT2D eigenvalue weighted by atomic mass is 10.0. The predicted molar refractivity (Wildman–Crippen MR) is 119 cm³/mol. The maximum atomic E-state index is 11.9. The second kappa shape index (κ2) is 7.23. The first-order valence-electron chi connectivity index (χ1n) is 9.58. The number of amidine groups is 1. The molecule has 6 heteroatoms. The highest BCUT2D eigenvalue weighted by Crippen LogP contribution is 2.37. The molecule has 0 spiro atoms. The van der Waals surface area contributed by atoms with Crippen LogP contribution < -0.4 is 4.90 Å². The largest absolute Gasteiger partial charge is 0.317 e. The van der Waals surface area contributed by atoms with Gasteiger partial charge in [-0.25, -0.2) is 8.42 Å². The summed E-state index contributed by atoms with van der Waals surface area (Å²) in [4.78, 5) is 7.10. The number of sulfone groups is 1. The van der Waals surface area contributed by atoms with Crippen molar-refractivity contribution in [3.8, 4) is 0 Å². The molecule has 0 amide bonds. The van der Waals surface area contributed by atoms with Crippen molar-refractivity contribution >= 4 is 32.5 Å². The van der Waals surface area contributed by atoms with Crippen molar-refractivity contribution in [2.75, 3.05) is 16.4 Å². The Labute approximate surface area is 172 Å². The van der Waals surface area contributed by atoms with E-state index in [-0.39, 0.29) is 22.8 Å². The number of thioether (sulfide) groups is 1. The molecule has 0 aliphatic carbocycles. The number of hydrogen-bond acceptors (Lipinski definition) is 5. The first-order chi connectivity index (χ1) is 13.2. The fourth-order valence-electron chi connectivity index (χ4n) is 3.77. The minimum absolute atomic E-state index is 0.0488.